The molecule has 0 amide bonds. The predicted octanol–water partition coefficient (Wildman–Crippen LogP) is 1.82. The molecule has 2 fully saturated rings. The van der Waals surface area contributed by atoms with Crippen LogP contribution in [0.15, 0.2) is 0 Å². The molecule has 1 heterocycles. The summed E-state index contributed by atoms with van der Waals surface area (Å²) in [5, 5.41) is 3.57. The molecule has 2 aliphatic rings. The van der Waals surface area contributed by atoms with E-state index in [1.807, 2.05) is 0 Å². The summed E-state index contributed by atoms with van der Waals surface area (Å²) < 4.78 is 11.0. The van der Waals surface area contributed by atoms with Crippen molar-refractivity contribution in [2.45, 2.75) is 38.6 Å². The maximum atomic E-state index is 5.66. The minimum absolute atomic E-state index is 0.651. The highest BCUT2D eigenvalue weighted by Gasteiger charge is 2.27. The van der Waals surface area contributed by atoms with Crippen LogP contribution in [-0.4, -0.2) is 39.0 Å². The van der Waals surface area contributed by atoms with Crippen molar-refractivity contribution in [1.82, 2.24) is 5.32 Å². The molecule has 0 aromatic rings. The van der Waals surface area contributed by atoms with Crippen molar-refractivity contribution in [1.29, 1.82) is 0 Å². The van der Waals surface area contributed by atoms with Gasteiger partial charge in [0.15, 0.2) is 0 Å². The van der Waals surface area contributed by atoms with E-state index in [9.17, 15) is 0 Å². The van der Waals surface area contributed by atoms with E-state index in [1.54, 1.807) is 0 Å². The van der Waals surface area contributed by atoms with Crippen LogP contribution in [0.5, 0.6) is 0 Å². The molecule has 1 saturated heterocycles. The van der Waals surface area contributed by atoms with Crippen LogP contribution in [0.2, 0.25) is 0 Å². The van der Waals surface area contributed by atoms with Crippen molar-refractivity contribution in [3.8, 4) is 0 Å². The van der Waals surface area contributed by atoms with E-state index in [4.69, 9.17) is 9.47 Å². The standard InChI is InChI=1S/C13H25NO2/c1-11(13-3-4-13)14-6-2-7-15-9-12-5-8-16-10-12/h11-14H,2-10H2,1H3. The van der Waals surface area contributed by atoms with Gasteiger partial charge in [0.25, 0.3) is 0 Å². The summed E-state index contributed by atoms with van der Waals surface area (Å²) in [7, 11) is 0. The molecule has 2 rings (SSSR count). The van der Waals surface area contributed by atoms with Gasteiger partial charge in [-0.15, -0.1) is 0 Å². The van der Waals surface area contributed by atoms with Crippen molar-refractivity contribution >= 4 is 0 Å². The molecule has 3 nitrogen and oxygen atoms in total. The van der Waals surface area contributed by atoms with Gasteiger partial charge in [-0.05, 0) is 45.1 Å². The van der Waals surface area contributed by atoms with E-state index in [0.717, 1.165) is 45.3 Å². The van der Waals surface area contributed by atoms with Crippen LogP contribution in [0.3, 0.4) is 0 Å². The lowest BCUT2D eigenvalue weighted by Gasteiger charge is -2.13. The Kier molecular flexibility index (Phi) is 5.07. The zero-order valence-electron chi connectivity index (χ0n) is 10.4. The normalized spacial score (nSPS) is 27.2. The molecule has 2 atom stereocenters. The summed E-state index contributed by atoms with van der Waals surface area (Å²) in [5.74, 6) is 1.61. The lowest BCUT2D eigenvalue weighted by atomic mass is 10.1. The zero-order valence-corrected chi connectivity index (χ0v) is 10.4. The zero-order chi connectivity index (χ0) is 11.2. The quantitative estimate of drug-likeness (QED) is 0.642. The second-order valence-corrected chi connectivity index (χ2v) is 5.24. The van der Waals surface area contributed by atoms with Gasteiger partial charge in [-0.3, -0.25) is 0 Å². The van der Waals surface area contributed by atoms with E-state index >= 15 is 0 Å². The van der Waals surface area contributed by atoms with E-state index in [1.165, 1.54) is 19.3 Å². The van der Waals surface area contributed by atoms with E-state index in [2.05, 4.69) is 12.2 Å². The Hall–Kier alpha value is -0.120. The van der Waals surface area contributed by atoms with E-state index < -0.39 is 0 Å². The van der Waals surface area contributed by atoms with Crippen molar-refractivity contribution in [2.24, 2.45) is 11.8 Å². The first-order chi connectivity index (χ1) is 7.86. The largest absolute Gasteiger partial charge is 0.381 e. The number of hydrogen-bond donors (Lipinski definition) is 1. The summed E-state index contributed by atoms with van der Waals surface area (Å²) in [6, 6.07) is 0.711. The minimum atomic E-state index is 0.651. The molecule has 1 saturated carbocycles. The summed E-state index contributed by atoms with van der Waals surface area (Å²) in [5.41, 5.74) is 0. The number of rotatable bonds is 8. The number of ether oxygens (including phenoxy) is 2. The van der Waals surface area contributed by atoms with Gasteiger partial charge in [0.2, 0.25) is 0 Å². The predicted molar refractivity (Wildman–Crippen MR) is 64.6 cm³/mol. The lowest BCUT2D eigenvalue weighted by Crippen LogP contribution is -2.29. The Morgan fingerprint density at radius 3 is 2.94 bits per heavy atom. The van der Waals surface area contributed by atoms with Crippen LogP contribution in [-0.2, 0) is 9.47 Å². The topological polar surface area (TPSA) is 30.5 Å². The first kappa shape index (κ1) is 12.3. The maximum Gasteiger partial charge on any atom is 0.0517 e. The van der Waals surface area contributed by atoms with Crippen LogP contribution in [0.4, 0.5) is 0 Å². The monoisotopic (exact) mass is 227 g/mol. The molecule has 1 aliphatic carbocycles. The third kappa shape index (κ3) is 4.40. The molecule has 1 N–H and O–H groups in total. The summed E-state index contributed by atoms with van der Waals surface area (Å²) in [6.45, 7) is 7.00. The Morgan fingerprint density at radius 2 is 2.25 bits per heavy atom. The molecule has 0 aromatic carbocycles. The van der Waals surface area contributed by atoms with Crippen molar-refractivity contribution < 1.29 is 9.47 Å². The van der Waals surface area contributed by atoms with Crippen molar-refractivity contribution in [3.63, 3.8) is 0 Å². The van der Waals surface area contributed by atoms with E-state index in [-0.39, 0.29) is 0 Å². The van der Waals surface area contributed by atoms with E-state index in [0.29, 0.717) is 12.0 Å². The summed E-state index contributed by atoms with van der Waals surface area (Å²) in [6.07, 6.45) is 5.15. The van der Waals surface area contributed by atoms with Crippen molar-refractivity contribution in [2.75, 3.05) is 33.0 Å². The van der Waals surface area contributed by atoms with Crippen LogP contribution in [0.1, 0.15) is 32.6 Å². The van der Waals surface area contributed by atoms with Gasteiger partial charge in [0.1, 0.15) is 0 Å². The fraction of sp³-hybridized carbons (Fsp3) is 1.00. The molecule has 3 heteroatoms. The number of hydrogen-bond acceptors (Lipinski definition) is 3. The molecule has 0 radical (unpaired) electrons. The maximum absolute atomic E-state index is 5.66. The van der Waals surface area contributed by atoms with Gasteiger partial charge >= 0.3 is 0 Å². The molecule has 0 spiro atoms. The molecule has 0 bridgehead atoms. The highest BCUT2D eigenvalue weighted by atomic mass is 16.5. The van der Waals surface area contributed by atoms with Gasteiger partial charge in [0.05, 0.1) is 13.2 Å². The minimum Gasteiger partial charge on any atom is -0.381 e. The molecule has 0 aromatic heterocycles. The third-order valence-electron chi connectivity index (χ3n) is 3.64. The average Bonchev–Trinajstić information content (AvgIpc) is 3.02. The first-order valence-electron chi connectivity index (χ1n) is 6.75. The molecule has 2 unspecified atom stereocenters. The Morgan fingerprint density at radius 1 is 1.38 bits per heavy atom. The average molecular weight is 227 g/mol. The second kappa shape index (κ2) is 6.58. The first-order valence-corrected chi connectivity index (χ1v) is 6.75. The molecular weight excluding hydrogens is 202 g/mol. The molecule has 16 heavy (non-hydrogen) atoms. The molecule has 1 aliphatic heterocycles. The smallest absolute Gasteiger partial charge is 0.0517 e. The SMILES string of the molecule is CC(NCCCOCC1CCOC1)C1CC1. The third-order valence-corrected chi connectivity index (χ3v) is 3.64. The number of nitrogens with one attached hydrogen (secondary N) is 1. The van der Waals surface area contributed by atoms with Crippen LogP contribution in [0, 0.1) is 11.8 Å². The fourth-order valence-corrected chi connectivity index (χ4v) is 2.23. The summed E-state index contributed by atoms with van der Waals surface area (Å²) >= 11 is 0. The van der Waals surface area contributed by atoms with Crippen LogP contribution >= 0.6 is 0 Å². The van der Waals surface area contributed by atoms with Gasteiger partial charge in [-0.1, -0.05) is 0 Å². The van der Waals surface area contributed by atoms with Crippen LogP contribution in [0.25, 0.3) is 0 Å². The highest BCUT2D eigenvalue weighted by Crippen LogP contribution is 2.32. The Labute approximate surface area is 98.9 Å². The Bertz CT molecular complexity index is 182. The van der Waals surface area contributed by atoms with Gasteiger partial charge in [0, 0.05) is 25.2 Å². The highest BCUT2D eigenvalue weighted by molar-refractivity contribution is 4.82. The molecular formula is C13H25NO2. The van der Waals surface area contributed by atoms with Gasteiger partial charge < -0.3 is 14.8 Å². The Balaban J connectivity index is 1.37. The van der Waals surface area contributed by atoms with Gasteiger partial charge in [-0.25, -0.2) is 0 Å². The lowest BCUT2D eigenvalue weighted by molar-refractivity contribution is 0.0879. The summed E-state index contributed by atoms with van der Waals surface area (Å²) in [4.78, 5) is 0. The van der Waals surface area contributed by atoms with Gasteiger partial charge in [-0.2, -0.15) is 0 Å². The van der Waals surface area contributed by atoms with Crippen LogP contribution < -0.4 is 5.32 Å². The fourth-order valence-electron chi connectivity index (χ4n) is 2.23. The van der Waals surface area contributed by atoms with Crippen molar-refractivity contribution in [3.05, 3.63) is 0 Å². The second-order valence-electron chi connectivity index (χ2n) is 5.24. The molecule has 94 valence electrons.